The van der Waals surface area contributed by atoms with E-state index in [0.717, 1.165) is 17.3 Å². The third kappa shape index (κ3) is 13.3. The Morgan fingerprint density at radius 2 is 0.796 bits per heavy atom. The van der Waals surface area contributed by atoms with Crippen LogP contribution in [0, 0.1) is 11.8 Å². The maximum Gasteiger partial charge on any atom is 0.261 e. The molecule has 0 aromatic carbocycles. The number of rotatable bonds is 30. The van der Waals surface area contributed by atoms with E-state index in [1.807, 2.05) is 52.0 Å². The topological polar surface area (TPSA) is 114 Å². The quantitative estimate of drug-likeness (QED) is 0.0797. The molecule has 4 rings (SSSR count). The number of halogens is 2. The van der Waals surface area contributed by atoms with Gasteiger partial charge >= 0.3 is 0 Å². The second-order valence-electron chi connectivity index (χ2n) is 12.3. The van der Waals surface area contributed by atoms with Crippen LogP contribution in [0.4, 0.5) is 0 Å². The van der Waals surface area contributed by atoms with E-state index in [4.69, 9.17) is 37.9 Å². The highest BCUT2D eigenvalue weighted by molar-refractivity contribution is 9.11. The van der Waals surface area contributed by atoms with Crippen molar-refractivity contribution in [3.05, 3.63) is 52.7 Å². The lowest BCUT2D eigenvalue weighted by Crippen LogP contribution is -2.38. The Labute approximate surface area is 344 Å². The van der Waals surface area contributed by atoms with Gasteiger partial charge < -0.3 is 47.7 Å². The molecule has 2 aliphatic heterocycles. The Bertz CT molecular complexity index is 1380. The molecular formula is C38H54Br2N2O10S2. The van der Waals surface area contributed by atoms with Crippen molar-refractivity contribution in [3.63, 3.8) is 0 Å². The fourth-order valence-corrected chi connectivity index (χ4v) is 8.91. The molecule has 2 aromatic rings. The lowest BCUT2D eigenvalue weighted by molar-refractivity contribution is -0.125. The molecule has 0 saturated carbocycles. The number of hydrogen-bond acceptors (Lipinski definition) is 12. The van der Waals surface area contributed by atoms with Crippen molar-refractivity contribution in [1.29, 1.82) is 0 Å². The van der Waals surface area contributed by atoms with Crippen molar-refractivity contribution in [2.45, 2.75) is 27.7 Å². The molecule has 0 fully saturated rings. The molecule has 4 heterocycles. The zero-order chi connectivity index (χ0) is 38.7. The molecule has 0 atom stereocenters. The number of fused-ring (bicyclic) bond motifs is 1. The highest BCUT2D eigenvalue weighted by Crippen LogP contribution is 2.49. The largest absolute Gasteiger partial charge is 0.379 e. The van der Waals surface area contributed by atoms with Crippen LogP contribution >= 0.6 is 54.5 Å². The van der Waals surface area contributed by atoms with E-state index in [1.54, 1.807) is 9.80 Å². The number of ether oxygens (including phenoxy) is 8. The van der Waals surface area contributed by atoms with Gasteiger partial charge in [0, 0.05) is 51.4 Å². The molecule has 54 heavy (non-hydrogen) atoms. The molecule has 0 radical (unpaired) electrons. The summed E-state index contributed by atoms with van der Waals surface area (Å²) < 4.78 is 47.7. The fourth-order valence-electron chi connectivity index (χ4n) is 6.01. The van der Waals surface area contributed by atoms with Crippen molar-refractivity contribution < 1.29 is 47.5 Å². The van der Waals surface area contributed by atoms with Crippen LogP contribution < -0.4 is 0 Å². The maximum absolute atomic E-state index is 14.9. The third-order valence-corrected chi connectivity index (χ3v) is 11.7. The zero-order valence-corrected chi connectivity index (χ0v) is 36.5. The first-order valence-corrected chi connectivity index (χ1v) is 21.8. The average molecular weight is 923 g/mol. The van der Waals surface area contributed by atoms with E-state index in [1.165, 1.54) is 22.7 Å². The van der Waals surface area contributed by atoms with E-state index in [2.05, 4.69) is 31.9 Å². The van der Waals surface area contributed by atoms with E-state index >= 15 is 0 Å². The van der Waals surface area contributed by atoms with Crippen LogP contribution in [-0.2, 0) is 47.5 Å². The lowest BCUT2D eigenvalue weighted by atomic mass is 10.1. The molecule has 0 aliphatic carbocycles. The van der Waals surface area contributed by atoms with Crippen molar-refractivity contribution in [2.75, 3.05) is 119 Å². The van der Waals surface area contributed by atoms with E-state index in [0.29, 0.717) is 141 Å². The van der Waals surface area contributed by atoms with Crippen LogP contribution in [0.1, 0.15) is 37.4 Å². The highest BCUT2D eigenvalue weighted by Gasteiger charge is 2.50. The molecular weight excluding hydrogens is 868 g/mol. The molecule has 2 aromatic heterocycles. The second-order valence-corrected chi connectivity index (χ2v) is 17.2. The Hall–Kier alpha value is -1.54. The molecule has 16 heteroatoms. The predicted octanol–water partition coefficient (Wildman–Crippen LogP) is 6.59. The van der Waals surface area contributed by atoms with Crippen LogP contribution in [0.5, 0.6) is 0 Å². The number of carbonyl (C=O) groups is 2. The Kier molecular flexibility index (Phi) is 20.9. The summed E-state index contributed by atoms with van der Waals surface area (Å²) in [5.41, 5.74) is 1.99. The lowest BCUT2D eigenvalue weighted by Gasteiger charge is -2.29. The van der Waals surface area contributed by atoms with Gasteiger partial charge in [-0.1, -0.05) is 0 Å². The van der Waals surface area contributed by atoms with Crippen LogP contribution in [0.2, 0.25) is 0 Å². The van der Waals surface area contributed by atoms with Crippen LogP contribution in [0.15, 0.2) is 43.0 Å². The van der Waals surface area contributed by atoms with Crippen LogP contribution in [-0.4, -0.2) is 140 Å². The van der Waals surface area contributed by atoms with Gasteiger partial charge in [0.25, 0.3) is 11.8 Å². The van der Waals surface area contributed by atoms with Gasteiger partial charge in [0.2, 0.25) is 0 Å². The summed E-state index contributed by atoms with van der Waals surface area (Å²) in [7, 11) is 0. The number of amides is 2. The van der Waals surface area contributed by atoms with E-state index < -0.39 is 0 Å². The van der Waals surface area contributed by atoms with Gasteiger partial charge in [-0.3, -0.25) is 9.59 Å². The van der Waals surface area contributed by atoms with Gasteiger partial charge in [-0.25, -0.2) is 0 Å². The summed E-state index contributed by atoms with van der Waals surface area (Å²) in [4.78, 5) is 34.9. The van der Waals surface area contributed by atoms with Crippen molar-refractivity contribution in [3.8, 4) is 0 Å². The summed E-state index contributed by atoms with van der Waals surface area (Å²) in [5.74, 6) is -0.835. The minimum Gasteiger partial charge on any atom is -0.379 e. The second kappa shape index (κ2) is 25.0. The zero-order valence-electron chi connectivity index (χ0n) is 31.7. The minimum absolute atomic E-state index is 0.187. The first-order chi connectivity index (χ1) is 26.3. The predicted molar refractivity (Wildman–Crippen MR) is 218 cm³/mol. The number of hydrogen-bond donors (Lipinski definition) is 0. The van der Waals surface area contributed by atoms with Crippen molar-refractivity contribution in [1.82, 2.24) is 9.80 Å². The molecule has 0 N–H and O–H groups in total. The first-order valence-electron chi connectivity index (χ1n) is 18.6. The van der Waals surface area contributed by atoms with E-state index in [-0.39, 0.29) is 23.7 Å². The number of nitrogens with zero attached hydrogens (tertiary/aromatic N) is 2. The van der Waals surface area contributed by atoms with Gasteiger partial charge in [0.05, 0.1) is 119 Å². The van der Waals surface area contributed by atoms with Crippen molar-refractivity contribution in [2.24, 2.45) is 11.8 Å². The normalized spacial score (nSPS) is 14.7. The summed E-state index contributed by atoms with van der Waals surface area (Å²) >= 11 is 10.2. The SMILES string of the molecule is CCOCCOCC(COCCOCC)CN1C(=O)C2=C(c3ccc(Br)s3)N(CC(COCCOCC)COCCOCC)C(=O)C2=C1c1ccc(Br)s1. The summed E-state index contributed by atoms with van der Waals surface area (Å²) in [6, 6.07) is 7.77. The Balaban J connectivity index is 1.70. The number of thiophene rings is 2. The smallest absolute Gasteiger partial charge is 0.261 e. The molecule has 0 unspecified atom stereocenters. The van der Waals surface area contributed by atoms with Gasteiger partial charge in [-0.05, 0) is 83.8 Å². The Morgan fingerprint density at radius 1 is 0.500 bits per heavy atom. The third-order valence-electron chi connectivity index (χ3n) is 8.39. The molecule has 0 saturated heterocycles. The van der Waals surface area contributed by atoms with E-state index in [9.17, 15) is 9.59 Å². The maximum atomic E-state index is 14.9. The molecule has 0 spiro atoms. The minimum atomic E-state index is -0.231. The molecule has 12 nitrogen and oxygen atoms in total. The molecule has 2 amide bonds. The van der Waals surface area contributed by atoms with Crippen molar-refractivity contribution >= 4 is 77.7 Å². The van der Waals surface area contributed by atoms with Gasteiger partial charge in [0.15, 0.2) is 0 Å². The molecule has 302 valence electrons. The molecule has 0 bridgehead atoms. The van der Waals surface area contributed by atoms with Gasteiger partial charge in [0.1, 0.15) is 0 Å². The monoisotopic (exact) mass is 920 g/mol. The van der Waals surface area contributed by atoms with Gasteiger partial charge in [-0.2, -0.15) is 0 Å². The van der Waals surface area contributed by atoms with Crippen LogP contribution in [0.25, 0.3) is 11.4 Å². The number of carbonyl (C=O) groups excluding carboxylic acids is 2. The fraction of sp³-hybridized carbons (Fsp3) is 0.632. The first kappa shape index (κ1) is 45.2. The highest BCUT2D eigenvalue weighted by atomic mass is 79.9. The summed E-state index contributed by atoms with van der Waals surface area (Å²) in [5, 5.41) is 0. The Morgan fingerprint density at radius 3 is 1.06 bits per heavy atom. The summed E-state index contributed by atoms with van der Waals surface area (Å²) in [6.07, 6.45) is 0. The van der Waals surface area contributed by atoms with Crippen LogP contribution in [0.3, 0.4) is 0 Å². The average Bonchev–Trinajstić information content (AvgIpc) is 3.92. The molecule has 2 aliphatic rings. The summed E-state index contributed by atoms with van der Waals surface area (Å²) in [6.45, 7) is 15.8. The van der Waals surface area contributed by atoms with Gasteiger partial charge in [-0.15, -0.1) is 22.7 Å². The standard InChI is InChI=1S/C38H54Br2N2O10S2/c1-5-45-13-17-49-23-27(24-50-18-14-46-6-2)21-41-35(29-9-11-31(39)53-29)33-34(37(41)43)36(30-10-12-32(40)54-30)42(38(33)44)22-28(25-51-19-15-47-7-3)26-52-20-16-48-8-4/h9-12,27-28H,5-8,13-26H2,1-4H3.